The first-order valence-electron chi connectivity index (χ1n) is 12.3. The minimum atomic E-state index is -0.674. The Kier molecular flexibility index (Phi) is 8.93. The number of unbranched alkanes of at least 4 members (excludes halogenated alkanes) is 4. The van der Waals surface area contributed by atoms with E-state index in [2.05, 4.69) is 19.1 Å². The largest absolute Gasteiger partial charge is 0.421 e. The van der Waals surface area contributed by atoms with Crippen LogP contribution in [0.4, 0.5) is 11.4 Å². The van der Waals surface area contributed by atoms with Gasteiger partial charge in [0.15, 0.2) is 0 Å². The fourth-order valence-electron chi connectivity index (χ4n) is 5.01. The summed E-state index contributed by atoms with van der Waals surface area (Å²) in [7, 11) is 0. The predicted molar refractivity (Wildman–Crippen MR) is 134 cm³/mol. The summed E-state index contributed by atoms with van der Waals surface area (Å²) >= 11 is 0. The first kappa shape index (κ1) is 25.1. The van der Waals surface area contributed by atoms with E-state index in [1.165, 1.54) is 50.7 Å². The number of carbonyl (C=O) groups is 1. The number of benzene rings is 2. The van der Waals surface area contributed by atoms with Gasteiger partial charge in [0.1, 0.15) is 23.5 Å². The summed E-state index contributed by atoms with van der Waals surface area (Å²) in [6, 6.07) is 12.2. The van der Waals surface area contributed by atoms with Crippen LogP contribution in [0.25, 0.3) is 0 Å². The van der Waals surface area contributed by atoms with Crippen LogP contribution in [0.1, 0.15) is 104 Å². The molecule has 0 spiro atoms. The molecule has 1 saturated carbocycles. The van der Waals surface area contributed by atoms with Crippen LogP contribution in [0, 0.1) is 28.6 Å². The number of nitrogens with zero attached hydrogens (tertiary/aromatic N) is 2. The average Bonchev–Trinajstić information content (AvgIpc) is 2.83. The number of nitriles is 2. The lowest BCUT2D eigenvalue weighted by molar-refractivity contribution is 0.0734. The number of hydrogen-bond donors (Lipinski definition) is 2. The van der Waals surface area contributed by atoms with Crippen LogP contribution >= 0.6 is 0 Å². The van der Waals surface area contributed by atoms with Gasteiger partial charge in [-0.25, -0.2) is 4.79 Å². The summed E-state index contributed by atoms with van der Waals surface area (Å²) in [5.74, 6) is 0.405. The summed E-state index contributed by atoms with van der Waals surface area (Å²) in [5, 5.41) is 19.7. The van der Waals surface area contributed by atoms with Crippen LogP contribution in [-0.2, 0) is 0 Å². The zero-order valence-electron chi connectivity index (χ0n) is 20.0. The third-order valence-corrected chi connectivity index (χ3v) is 6.84. The van der Waals surface area contributed by atoms with Crippen molar-refractivity contribution in [3.8, 4) is 17.9 Å². The summed E-state index contributed by atoms with van der Waals surface area (Å²) in [4.78, 5) is 12.6. The Morgan fingerprint density at radius 3 is 2.21 bits per heavy atom. The quantitative estimate of drug-likeness (QED) is 0.192. The van der Waals surface area contributed by atoms with Crippen LogP contribution in [0.5, 0.6) is 5.75 Å². The second kappa shape index (κ2) is 12.1. The standard InChI is InChI=1S/C28H34N4O2/c1-2-3-4-5-6-7-19-8-10-20(11-9-19)24-12-13-27(26(18-30)25(24)17-29)34-28(33)21-14-22(31)16-23(32)15-21/h12-16,19-20H,2-11,31-32H2,1H3. The molecule has 0 radical (unpaired) electrons. The molecule has 0 aliphatic heterocycles. The van der Waals surface area contributed by atoms with Crippen molar-refractivity contribution in [2.24, 2.45) is 5.92 Å². The fourth-order valence-corrected chi connectivity index (χ4v) is 5.01. The van der Waals surface area contributed by atoms with E-state index in [4.69, 9.17) is 16.2 Å². The van der Waals surface area contributed by atoms with Crippen molar-refractivity contribution in [3.63, 3.8) is 0 Å². The van der Waals surface area contributed by atoms with E-state index < -0.39 is 5.97 Å². The monoisotopic (exact) mass is 458 g/mol. The number of rotatable bonds is 9. The van der Waals surface area contributed by atoms with Crippen molar-refractivity contribution in [1.29, 1.82) is 10.5 Å². The van der Waals surface area contributed by atoms with Gasteiger partial charge in [0.05, 0.1) is 11.1 Å². The zero-order chi connectivity index (χ0) is 24.5. The van der Waals surface area contributed by atoms with E-state index in [-0.39, 0.29) is 22.8 Å². The van der Waals surface area contributed by atoms with Crippen LogP contribution < -0.4 is 16.2 Å². The summed E-state index contributed by atoms with van der Waals surface area (Å²) in [6.07, 6.45) is 12.2. The van der Waals surface area contributed by atoms with Gasteiger partial charge in [0.2, 0.25) is 0 Å². The van der Waals surface area contributed by atoms with Crippen molar-refractivity contribution >= 4 is 17.3 Å². The van der Waals surface area contributed by atoms with Crippen molar-refractivity contribution < 1.29 is 9.53 Å². The minimum absolute atomic E-state index is 0.0783. The minimum Gasteiger partial charge on any atom is -0.421 e. The van der Waals surface area contributed by atoms with Gasteiger partial charge < -0.3 is 16.2 Å². The van der Waals surface area contributed by atoms with Crippen LogP contribution in [0.2, 0.25) is 0 Å². The third kappa shape index (κ3) is 6.29. The molecular formula is C28H34N4O2. The van der Waals surface area contributed by atoms with E-state index in [1.807, 2.05) is 6.07 Å². The topological polar surface area (TPSA) is 126 Å². The molecule has 0 bridgehead atoms. The van der Waals surface area contributed by atoms with Gasteiger partial charge in [-0.15, -0.1) is 0 Å². The second-order valence-electron chi connectivity index (χ2n) is 9.32. The molecule has 6 heteroatoms. The van der Waals surface area contributed by atoms with E-state index >= 15 is 0 Å². The maximum Gasteiger partial charge on any atom is 0.343 e. The molecule has 4 N–H and O–H groups in total. The molecule has 0 unspecified atom stereocenters. The molecule has 0 amide bonds. The molecule has 0 heterocycles. The third-order valence-electron chi connectivity index (χ3n) is 6.84. The molecule has 0 atom stereocenters. The highest BCUT2D eigenvalue weighted by Crippen LogP contribution is 2.40. The highest BCUT2D eigenvalue weighted by Gasteiger charge is 2.27. The Hall–Kier alpha value is -3.51. The van der Waals surface area contributed by atoms with Gasteiger partial charge in [-0.3, -0.25) is 0 Å². The molecule has 2 aromatic carbocycles. The number of carbonyl (C=O) groups excluding carboxylic acids is 1. The predicted octanol–water partition coefficient (Wildman–Crippen LogP) is 6.45. The molecule has 3 rings (SSSR count). The van der Waals surface area contributed by atoms with Gasteiger partial charge in [-0.2, -0.15) is 10.5 Å². The van der Waals surface area contributed by atoms with Gasteiger partial charge in [-0.05, 0) is 67.3 Å². The number of ether oxygens (including phenoxy) is 1. The van der Waals surface area contributed by atoms with E-state index in [1.54, 1.807) is 12.1 Å². The highest BCUT2D eigenvalue weighted by molar-refractivity contribution is 5.93. The Labute approximate surface area is 202 Å². The lowest BCUT2D eigenvalue weighted by atomic mass is 9.75. The Balaban J connectivity index is 1.69. The maximum atomic E-state index is 12.6. The van der Waals surface area contributed by atoms with E-state index in [0.29, 0.717) is 16.9 Å². The molecule has 0 aromatic heterocycles. The first-order chi connectivity index (χ1) is 16.5. The van der Waals surface area contributed by atoms with Crippen LogP contribution in [-0.4, -0.2) is 5.97 Å². The molecule has 178 valence electrons. The normalized spacial score (nSPS) is 17.5. The van der Waals surface area contributed by atoms with Gasteiger partial charge in [0.25, 0.3) is 0 Å². The number of anilines is 2. The summed E-state index contributed by atoms with van der Waals surface area (Å²) in [6.45, 7) is 2.24. The first-order valence-corrected chi connectivity index (χ1v) is 12.3. The molecule has 34 heavy (non-hydrogen) atoms. The van der Waals surface area contributed by atoms with E-state index in [9.17, 15) is 15.3 Å². The van der Waals surface area contributed by atoms with Crippen LogP contribution in [0.15, 0.2) is 30.3 Å². The molecule has 1 aliphatic carbocycles. The molecular weight excluding hydrogens is 424 g/mol. The van der Waals surface area contributed by atoms with E-state index in [0.717, 1.165) is 37.2 Å². The Morgan fingerprint density at radius 2 is 1.59 bits per heavy atom. The maximum absolute atomic E-state index is 12.6. The second-order valence-corrected chi connectivity index (χ2v) is 9.32. The van der Waals surface area contributed by atoms with Crippen molar-refractivity contribution in [1.82, 2.24) is 0 Å². The highest BCUT2D eigenvalue weighted by atomic mass is 16.5. The summed E-state index contributed by atoms with van der Waals surface area (Å²) in [5.41, 5.74) is 13.7. The van der Waals surface area contributed by atoms with Gasteiger partial charge >= 0.3 is 5.97 Å². The number of esters is 1. The SMILES string of the molecule is CCCCCCCC1CCC(c2ccc(OC(=O)c3cc(N)cc(N)c3)c(C#N)c2C#N)CC1. The smallest absolute Gasteiger partial charge is 0.343 e. The fraction of sp³-hybridized carbons (Fsp3) is 0.464. The number of nitrogens with two attached hydrogens (primary N) is 2. The molecule has 0 saturated heterocycles. The Morgan fingerprint density at radius 1 is 0.941 bits per heavy atom. The Bertz CT molecular complexity index is 1070. The van der Waals surface area contributed by atoms with Crippen molar-refractivity contribution in [3.05, 3.63) is 52.6 Å². The molecule has 2 aromatic rings. The van der Waals surface area contributed by atoms with Crippen LogP contribution in [0.3, 0.4) is 0 Å². The lowest BCUT2D eigenvalue weighted by Crippen LogP contribution is -2.15. The molecule has 1 aliphatic rings. The van der Waals surface area contributed by atoms with Crippen molar-refractivity contribution in [2.45, 2.75) is 77.0 Å². The number of nitrogen functional groups attached to an aromatic ring is 2. The van der Waals surface area contributed by atoms with Gasteiger partial charge in [0, 0.05) is 11.4 Å². The average molecular weight is 459 g/mol. The summed E-state index contributed by atoms with van der Waals surface area (Å²) < 4.78 is 5.48. The van der Waals surface area contributed by atoms with Gasteiger partial charge in [-0.1, -0.05) is 51.5 Å². The lowest BCUT2D eigenvalue weighted by Gasteiger charge is -2.29. The zero-order valence-corrected chi connectivity index (χ0v) is 20.0. The molecule has 6 nitrogen and oxygen atoms in total. The molecule has 1 fully saturated rings. The van der Waals surface area contributed by atoms with Crippen molar-refractivity contribution in [2.75, 3.05) is 11.5 Å². The number of hydrogen-bond acceptors (Lipinski definition) is 6.